The molecule has 0 spiro atoms. The maximum absolute atomic E-state index is 11.7. The van der Waals surface area contributed by atoms with E-state index in [1.807, 2.05) is 24.3 Å². The van der Waals surface area contributed by atoms with E-state index >= 15 is 0 Å². The molecule has 0 aromatic heterocycles. The van der Waals surface area contributed by atoms with Gasteiger partial charge in [-0.1, -0.05) is 39.7 Å². The van der Waals surface area contributed by atoms with Gasteiger partial charge in [-0.25, -0.2) is 4.79 Å². The summed E-state index contributed by atoms with van der Waals surface area (Å²) in [4.78, 5) is 11.7. The molecule has 0 heterocycles. The van der Waals surface area contributed by atoms with Crippen molar-refractivity contribution in [2.45, 2.75) is 0 Å². The lowest BCUT2D eigenvalue weighted by atomic mass is 10.2. The van der Waals surface area contributed by atoms with Gasteiger partial charge < -0.3 is 9.47 Å². The lowest BCUT2D eigenvalue weighted by Crippen LogP contribution is -2.03. The molecule has 0 amide bonds. The Hall–Kier alpha value is -1.78. The van der Waals surface area contributed by atoms with Gasteiger partial charge in [0.15, 0.2) is 0 Å². The number of ether oxygens (including phenoxy) is 2. The van der Waals surface area contributed by atoms with Crippen LogP contribution in [0, 0.1) is 0 Å². The standard InChI is InChI=1S/C16H12BrClO3/c1-20-13-6-2-11(3-7-13)4-9-16(19)21-15-8-5-12(17)10-14(15)18/h2-10H,1H3. The van der Waals surface area contributed by atoms with Crippen LogP contribution in [0.15, 0.2) is 53.0 Å². The van der Waals surface area contributed by atoms with Crippen LogP contribution in [0.1, 0.15) is 5.56 Å². The van der Waals surface area contributed by atoms with E-state index < -0.39 is 5.97 Å². The Morgan fingerprint density at radius 1 is 1.19 bits per heavy atom. The molecule has 0 radical (unpaired) electrons. The number of hydrogen-bond acceptors (Lipinski definition) is 3. The van der Waals surface area contributed by atoms with Crippen LogP contribution in [0.5, 0.6) is 11.5 Å². The molecule has 2 aromatic rings. The van der Waals surface area contributed by atoms with Gasteiger partial charge in [0.1, 0.15) is 11.5 Å². The summed E-state index contributed by atoms with van der Waals surface area (Å²) >= 11 is 9.27. The van der Waals surface area contributed by atoms with Crippen molar-refractivity contribution in [3.05, 3.63) is 63.6 Å². The molecule has 2 rings (SSSR count). The first-order valence-corrected chi connectivity index (χ1v) is 7.24. The van der Waals surface area contributed by atoms with E-state index in [4.69, 9.17) is 21.1 Å². The van der Waals surface area contributed by atoms with Crippen molar-refractivity contribution in [3.8, 4) is 11.5 Å². The Bertz CT molecular complexity index is 666. The molecule has 0 N–H and O–H groups in total. The predicted octanol–water partition coefficient (Wildman–Crippen LogP) is 4.73. The number of carbonyl (C=O) groups is 1. The van der Waals surface area contributed by atoms with E-state index in [1.165, 1.54) is 6.08 Å². The molecular formula is C16H12BrClO3. The lowest BCUT2D eigenvalue weighted by molar-refractivity contribution is -0.128. The van der Waals surface area contributed by atoms with Crippen LogP contribution >= 0.6 is 27.5 Å². The Kier molecular flexibility index (Phi) is 5.42. The SMILES string of the molecule is COc1ccc(C=CC(=O)Oc2ccc(Br)cc2Cl)cc1. The molecule has 3 nitrogen and oxygen atoms in total. The molecular weight excluding hydrogens is 356 g/mol. The van der Waals surface area contributed by atoms with Crippen LogP contribution < -0.4 is 9.47 Å². The molecule has 2 aromatic carbocycles. The summed E-state index contributed by atoms with van der Waals surface area (Å²) in [5, 5.41) is 0.371. The molecule has 5 heteroatoms. The topological polar surface area (TPSA) is 35.5 Å². The molecule has 0 aliphatic rings. The third-order valence-corrected chi connectivity index (χ3v) is 3.42. The second-order valence-electron chi connectivity index (χ2n) is 4.10. The van der Waals surface area contributed by atoms with Gasteiger partial charge in [0.25, 0.3) is 0 Å². The molecule has 0 bridgehead atoms. The zero-order chi connectivity index (χ0) is 15.2. The van der Waals surface area contributed by atoms with Crippen LogP contribution in [0.25, 0.3) is 6.08 Å². The fraction of sp³-hybridized carbons (Fsp3) is 0.0625. The molecule has 0 aliphatic heterocycles. The van der Waals surface area contributed by atoms with Crippen molar-refractivity contribution in [1.82, 2.24) is 0 Å². The highest BCUT2D eigenvalue weighted by molar-refractivity contribution is 9.10. The van der Waals surface area contributed by atoms with Gasteiger partial charge in [-0.15, -0.1) is 0 Å². The number of benzene rings is 2. The molecule has 0 unspecified atom stereocenters. The maximum Gasteiger partial charge on any atom is 0.336 e. The first-order valence-electron chi connectivity index (χ1n) is 6.07. The van der Waals surface area contributed by atoms with E-state index in [0.717, 1.165) is 15.8 Å². The fourth-order valence-electron chi connectivity index (χ4n) is 1.58. The van der Waals surface area contributed by atoms with Crippen LogP contribution in [0.3, 0.4) is 0 Å². The van der Waals surface area contributed by atoms with Crippen LogP contribution in [-0.2, 0) is 4.79 Å². The van der Waals surface area contributed by atoms with Gasteiger partial charge in [-0.05, 0) is 42.0 Å². The van der Waals surface area contributed by atoms with Crippen LogP contribution in [-0.4, -0.2) is 13.1 Å². The minimum absolute atomic E-state index is 0.323. The molecule has 0 saturated carbocycles. The second-order valence-corrected chi connectivity index (χ2v) is 5.43. The highest BCUT2D eigenvalue weighted by atomic mass is 79.9. The third kappa shape index (κ3) is 4.62. The number of methoxy groups -OCH3 is 1. The van der Waals surface area contributed by atoms with Gasteiger partial charge in [0.05, 0.1) is 12.1 Å². The van der Waals surface area contributed by atoms with E-state index in [0.29, 0.717) is 10.8 Å². The second kappa shape index (κ2) is 7.29. The van der Waals surface area contributed by atoms with Crippen molar-refractivity contribution < 1.29 is 14.3 Å². The van der Waals surface area contributed by atoms with E-state index in [1.54, 1.807) is 31.4 Å². The summed E-state index contributed by atoms with van der Waals surface area (Å²) < 4.78 is 11.0. The summed E-state index contributed by atoms with van der Waals surface area (Å²) in [5.41, 5.74) is 0.870. The third-order valence-electron chi connectivity index (χ3n) is 2.63. The predicted molar refractivity (Wildman–Crippen MR) is 86.8 cm³/mol. The Morgan fingerprint density at radius 2 is 1.90 bits per heavy atom. The van der Waals surface area contributed by atoms with Crippen LogP contribution in [0.2, 0.25) is 5.02 Å². The minimum Gasteiger partial charge on any atom is -0.497 e. The monoisotopic (exact) mass is 366 g/mol. The van der Waals surface area contributed by atoms with E-state index in [-0.39, 0.29) is 0 Å². The fourth-order valence-corrected chi connectivity index (χ4v) is 2.29. The number of carbonyl (C=O) groups excluding carboxylic acids is 1. The number of esters is 1. The van der Waals surface area contributed by atoms with Gasteiger partial charge in [-0.3, -0.25) is 0 Å². The number of rotatable bonds is 4. The Balaban J connectivity index is 2.01. The molecule has 108 valence electrons. The van der Waals surface area contributed by atoms with Crippen molar-refractivity contribution >= 4 is 39.6 Å². The summed E-state index contributed by atoms with van der Waals surface area (Å²) in [7, 11) is 1.60. The first-order chi connectivity index (χ1) is 10.1. The number of hydrogen-bond donors (Lipinski definition) is 0. The lowest BCUT2D eigenvalue weighted by Gasteiger charge is -2.04. The Morgan fingerprint density at radius 3 is 2.52 bits per heavy atom. The largest absolute Gasteiger partial charge is 0.497 e. The highest BCUT2D eigenvalue weighted by Gasteiger charge is 2.06. The smallest absolute Gasteiger partial charge is 0.336 e. The highest BCUT2D eigenvalue weighted by Crippen LogP contribution is 2.27. The average molecular weight is 368 g/mol. The maximum atomic E-state index is 11.7. The molecule has 0 atom stereocenters. The van der Waals surface area contributed by atoms with Crippen molar-refractivity contribution in [3.63, 3.8) is 0 Å². The van der Waals surface area contributed by atoms with Gasteiger partial charge >= 0.3 is 5.97 Å². The van der Waals surface area contributed by atoms with Gasteiger partial charge in [0.2, 0.25) is 0 Å². The molecule has 21 heavy (non-hydrogen) atoms. The Labute approximate surface area is 136 Å². The zero-order valence-electron chi connectivity index (χ0n) is 11.2. The number of halogens is 2. The quantitative estimate of drug-likeness (QED) is 0.445. The average Bonchev–Trinajstić information content (AvgIpc) is 2.48. The van der Waals surface area contributed by atoms with Crippen LogP contribution in [0.4, 0.5) is 0 Å². The summed E-state index contributed by atoms with van der Waals surface area (Å²) in [5.74, 6) is 0.593. The summed E-state index contributed by atoms with van der Waals surface area (Å²) in [6.07, 6.45) is 3.01. The van der Waals surface area contributed by atoms with Crippen molar-refractivity contribution in [2.75, 3.05) is 7.11 Å². The summed E-state index contributed by atoms with van der Waals surface area (Å²) in [6.45, 7) is 0. The zero-order valence-corrected chi connectivity index (χ0v) is 13.5. The van der Waals surface area contributed by atoms with E-state index in [9.17, 15) is 4.79 Å². The minimum atomic E-state index is -0.491. The molecule has 0 saturated heterocycles. The molecule has 0 aliphatic carbocycles. The normalized spacial score (nSPS) is 10.6. The van der Waals surface area contributed by atoms with Crippen molar-refractivity contribution in [1.29, 1.82) is 0 Å². The van der Waals surface area contributed by atoms with Crippen molar-refractivity contribution in [2.24, 2.45) is 0 Å². The molecule has 0 fully saturated rings. The van der Waals surface area contributed by atoms with Gasteiger partial charge in [0, 0.05) is 10.5 Å². The first kappa shape index (κ1) is 15.6. The van der Waals surface area contributed by atoms with E-state index in [2.05, 4.69) is 15.9 Å². The summed E-state index contributed by atoms with van der Waals surface area (Å²) in [6, 6.07) is 12.4. The van der Waals surface area contributed by atoms with Gasteiger partial charge in [-0.2, -0.15) is 0 Å².